The van der Waals surface area contributed by atoms with Crippen molar-refractivity contribution in [2.75, 3.05) is 53.4 Å². The number of fused-ring (bicyclic) bond motifs is 1. The third-order valence-electron chi connectivity index (χ3n) is 6.43. The highest BCUT2D eigenvalue weighted by atomic mass is 35.5. The molecule has 1 aromatic heterocycles. The van der Waals surface area contributed by atoms with E-state index in [1.54, 1.807) is 29.3 Å². The van der Waals surface area contributed by atoms with Crippen LogP contribution >= 0.6 is 23.2 Å². The summed E-state index contributed by atoms with van der Waals surface area (Å²) in [7, 11) is 1.87. The van der Waals surface area contributed by atoms with Crippen LogP contribution in [-0.2, 0) is 0 Å². The molecule has 1 saturated heterocycles. The van der Waals surface area contributed by atoms with Crippen molar-refractivity contribution in [3.63, 3.8) is 0 Å². The smallest absolute Gasteiger partial charge is 0.265 e. The number of benzene rings is 2. The van der Waals surface area contributed by atoms with Gasteiger partial charge in [-0.05, 0) is 49.7 Å². The van der Waals surface area contributed by atoms with Crippen molar-refractivity contribution in [2.45, 2.75) is 19.9 Å². The quantitative estimate of drug-likeness (QED) is 0.526. The van der Waals surface area contributed by atoms with E-state index in [2.05, 4.69) is 51.5 Å². The highest BCUT2D eigenvalue weighted by molar-refractivity contribution is 6.40. The lowest BCUT2D eigenvalue weighted by Gasteiger charge is -2.37. The molecule has 182 valence electrons. The Labute approximate surface area is 214 Å². The Morgan fingerprint density at radius 2 is 1.94 bits per heavy atom. The van der Waals surface area contributed by atoms with Crippen molar-refractivity contribution >= 4 is 57.9 Å². The van der Waals surface area contributed by atoms with Gasteiger partial charge in [0.1, 0.15) is 11.4 Å². The zero-order chi connectivity index (χ0) is 24.7. The number of amides is 1. The highest BCUT2D eigenvalue weighted by Crippen LogP contribution is 2.37. The van der Waals surface area contributed by atoms with Crippen LogP contribution in [0.5, 0.6) is 0 Å². The summed E-state index contributed by atoms with van der Waals surface area (Å²) in [5.41, 5.74) is 4.18. The molecular weight excluding hydrogens is 485 g/mol. The van der Waals surface area contributed by atoms with Crippen molar-refractivity contribution < 1.29 is 4.79 Å². The number of halogens is 2. The zero-order valence-electron chi connectivity index (χ0n) is 19.8. The van der Waals surface area contributed by atoms with Crippen LogP contribution in [0.3, 0.4) is 0 Å². The van der Waals surface area contributed by atoms with Crippen LogP contribution in [0.4, 0.5) is 28.8 Å². The fourth-order valence-corrected chi connectivity index (χ4v) is 5.27. The van der Waals surface area contributed by atoms with Gasteiger partial charge in [-0.1, -0.05) is 29.3 Å². The molecule has 1 atom stereocenters. The summed E-state index contributed by atoms with van der Waals surface area (Å²) in [5.74, 6) is 0.732. The van der Waals surface area contributed by atoms with Gasteiger partial charge in [0.25, 0.3) is 5.91 Å². The molecule has 0 spiro atoms. The third kappa shape index (κ3) is 4.49. The van der Waals surface area contributed by atoms with Crippen molar-refractivity contribution in [1.29, 1.82) is 0 Å². The summed E-state index contributed by atoms with van der Waals surface area (Å²) in [4.78, 5) is 28.2. The molecule has 2 N–H and O–H groups in total. The number of carbonyl (C=O) groups excluding carboxylic acids is 1. The first-order chi connectivity index (χ1) is 16.8. The van der Waals surface area contributed by atoms with Crippen LogP contribution in [0, 0.1) is 6.92 Å². The second-order valence-electron chi connectivity index (χ2n) is 8.95. The van der Waals surface area contributed by atoms with Crippen molar-refractivity contribution in [1.82, 2.24) is 15.3 Å². The fraction of sp³-hybridized carbons (Fsp3) is 0.320. The molecule has 8 nitrogen and oxygen atoms in total. The van der Waals surface area contributed by atoms with Gasteiger partial charge in [0.15, 0.2) is 0 Å². The van der Waals surface area contributed by atoms with Crippen molar-refractivity contribution in [2.24, 2.45) is 0 Å². The molecule has 0 aliphatic carbocycles. The highest BCUT2D eigenvalue weighted by Gasteiger charge is 2.32. The minimum Gasteiger partial charge on any atom is -0.366 e. The van der Waals surface area contributed by atoms with Gasteiger partial charge in [0.05, 0.1) is 22.4 Å². The Balaban J connectivity index is 1.38. The van der Waals surface area contributed by atoms with E-state index in [-0.39, 0.29) is 12.6 Å². The average molecular weight is 512 g/mol. The molecule has 1 amide bonds. The fourth-order valence-electron chi connectivity index (χ4n) is 4.67. The lowest BCUT2D eigenvalue weighted by atomic mass is 10.1. The molecule has 0 saturated carbocycles. The Morgan fingerprint density at radius 3 is 2.66 bits per heavy atom. The molecule has 0 unspecified atom stereocenters. The molecule has 3 heterocycles. The molecule has 2 aliphatic rings. The van der Waals surface area contributed by atoms with Gasteiger partial charge >= 0.3 is 0 Å². The van der Waals surface area contributed by atoms with Crippen LogP contribution in [0.2, 0.25) is 10.0 Å². The molecule has 5 rings (SSSR count). The van der Waals surface area contributed by atoms with Gasteiger partial charge in [-0.2, -0.15) is 4.98 Å². The number of aryl methyl sites for hydroxylation is 1. The Kier molecular flexibility index (Phi) is 6.44. The standard InChI is InChI=1S/C25H27Cl2N7O/c1-15-11-17(7-8-21(15)33-10-9-28-12-16(33)2)30-25-29-13-18-23(31-25)32(3)14-34(24(18)35)22-19(26)5-4-6-20(22)27/h4-8,11,13,16,28H,9-10,12,14H2,1-3H3,(H,29,30,31)/t16-/m1/s1. The summed E-state index contributed by atoms with van der Waals surface area (Å²) in [6.45, 7) is 7.57. The second-order valence-corrected chi connectivity index (χ2v) is 9.76. The largest absolute Gasteiger partial charge is 0.366 e. The van der Waals surface area contributed by atoms with Crippen molar-refractivity contribution in [3.05, 3.63) is 63.8 Å². The maximum atomic E-state index is 13.3. The Morgan fingerprint density at radius 1 is 1.17 bits per heavy atom. The third-order valence-corrected chi connectivity index (χ3v) is 7.04. The van der Waals surface area contributed by atoms with E-state index in [0.717, 1.165) is 25.3 Å². The van der Waals surface area contributed by atoms with Crippen molar-refractivity contribution in [3.8, 4) is 0 Å². The van der Waals surface area contributed by atoms with E-state index < -0.39 is 0 Å². The first-order valence-electron chi connectivity index (χ1n) is 11.5. The minimum absolute atomic E-state index is 0.245. The van der Waals surface area contributed by atoms with E-state index in [0.29, 0.717) is 39.1 Å². The van der Waals surface area contributed by atoms with Gasteiger partial charge in [-0.3, -0.25) is 9.69 Å². The number of piperazine rings is 1. The first-order valence-corrected chi connectivity index (χ1v) is 12.3. The molecule has 35 heavy (non-hydrogen) atoms. The van der Waals surface area contributed by atoms with E-state index in [9.17, 15) is 4.79 Å². The first kappa shape index (κ1) is 23.7. The lowest BCUT2D eigenvalue weighted by Crippen LogP contribution is -2.50. The Bertz CT molecular complexity index is 1260. The lowest BCUT2D eigenvalue weighted by molar-refractivity contribution is 0.0982. The number of anilines is 5. The van der Waals surface area contributed by atoms with Crippen LogP contribution in [0.15, 0.2) is 42.6 Å². The molecule has 2 aliphatic heterocycles. The summed E-state index contributed by atoms with van der Waals surface area (Å²) in [6, 6.07) is 11.9. The van der Waals surface area contributed by atoms with Crippen LogP contribution in [0.1, 0.15) is 22.8 Å². The SMILES string of the molecule is Cc1cc(Nc2ncc3c(n2)N(C)CN(c2c(Cl)cccc2Cl)C3=O)ccc1N1CCNC[C@H]1C. The van der Waals surface area contributed by atoms with Crippen LogP contribution in [-0.4, -0.2) is 55.3 Å². The molecule has 2 aromatic carbocycles. The summed E-state index contributed by atoms with van der Waals surface area (Å²) in [5, 5.41) is 7.54. The molecule has 3 aromatic rings. The molecule has 1 fully saturated rings. The average Bonchev–Trinajstić information content (AvgIpc) is 2.83. The second kappa shape index (κ2) is 9.53. The van der Waals surface area contributed by atoms with E-state index >= 15 is 0 Å². The predicted octanol–water partition coefficient (Wildman–Crippen LogP) is 4.69. The number of hydrogen-bond donors (Lipinski definition) is 2. The summed E-state index contributed by atoms with van der Waals surface area (Å²) < 4.78 is 0. The van der Waals surface area contributed by atoms with Gasteiger partial charge in [-0.25, -0.2) is 4.98 Å². The molecule has 0 bridgehead atoms. The van der Waals surface area contributed by atoms with Crippen LogP contribution < -0.4 is 25.3 Å². The van der Waals surface area contributed by atoms with Crippen LogP contribution in [0.25, 0.3) is 0 Å². The maximum absolute atomic E-state index is 13.3. The summed E-state index contributed by atoms with van der Waals surface area (Å²) in [6.07, 6.45) is 1.55. The molecule has 10 heteroatoms. The maximum Gasteiger partial charge on any atom is 0.265 e. The summed E-state index contributed by atoms with van der Waals surface area (Å²) >= 11 is 12.7. The zero-order valence-corrected chi connectivity index (χ0v) is 21.4. The molecule has 0 radical (unpaired) electrons. The minimum atomic E-state index is -0.245. The Hall–Kier alpha value is -3.07. The number of hydrogen-bond acceptors (Lipinski definition) is 7. The van der Waals surface area contributed by atoms with E-state index in [4.69, 9.17) is 23.2 Å². The normalized spacial score (nSPS) is 18.0. The number of carbonyl (C=O) groups is 1. The predicted molar refractivity (Wildman–Crippen MR) is 143 cm³/mol. The number of aromatic nitrogens is 2. The topological polar surface area (TPSA) is 76.6 Å². The van der Waals surface area contributed by atoms with Gasteiger partial charge < -0.3 is 20.4 Å². The molecular formula is C25H27Cl2N7O. The van der Waals surface area contributed by atoms with Gasteiger partial charge in [0.2, 0.25) is 5.95 Å². The monoisotopic (exact) mass is 511 g/mol. The van der Waals surface area contributed by atoms with E-state index in [1.807, 2.05) is 18.0 Å². The number of rotatable bonds is 4. The van der Waals surface area contributed by atoms with Gasteiger partial charge in [-0.15, -0.1) is 0 Å². The van der Waals surface area contributed by atoms with E-state index in [1.165, 1.54) is 11.3 Å². The number of nitrogens with one attached hydrogen (secondary N) is 2. The number of para-hydroxylation sites is 1. The number of nitrogens with zero attached hydrogens (tertiary/aromatic N) is 5. The van der Waals surface area contributed by atoms with Gasteiger partial charge in [0, 0.05) is 50.3 Å².